The van der Waals surface area contributed by atoms with Crippen LogP contribution in [0, 0.1) is 17.2 Å². The second-order valence-electron chi connectivity index (χ2n) is 11.2. The number of nitrogens with one attached hydrogen (secondary N) is 2. The van der Waals surface area contributed by atoms with E-state index in [9.17, 15) is 27.2 Å². The van der Waals surface area contributed by atoms with Crippen LogP contribution in [0.1, 0.15) is 55.4 Å². The number of aromatic nitrogens is 1. The average Bonchev–Trinajstić information content (AvgIpc) is 3.45. The van der Waals surface area contributed by atoms with Crippen molar-refractivity contribution in [2.45, 2.75) is 57.2 Å². The van der Waals surface area contributed by atoms with Crippen LogP contribution in [0.15, 0.2) is 36.5 Å². The number of amides is 2. The number of imide groups is 1. The van der Waals surface area contributed by atoms with Gasteiger partial charge in [-0.15, -0.1) is 0 Å². The third-order valence-corrected chi connectivity index (χ3v) is 8.49. The number of carbonyl (C=O) groups excluding carboxylic acids is 2. The Kier molecular flexibility index (Phi) is 8.42. The molecule has 0 bridgehead atoms. The summed E-state index contributed by atoms with van der Waals surface area (Å²) >= 11 is 0. The summed E-state index contributed by atoms with van der Waals surface area (Å²) in [6.45, 7) is 2.28. The number of rotatable bonds is 8. The molecule has 3 fully saturated rings. The van der Waals surface area contributed by atoms with Gasteiger partial charge >= 0.3 is 6.18 Å². The maximum absolute atomic E-state index is 14.8. The Labute approximate surface area is 230 Å². The highest BCUT2D eigenvalue weighted by Crippen LogP contribution is 2.53. The zero-order chi connectivity index (χ0) is 28.3. The van der Waals surface area contributed by atoms with Gasteiger partial charge in [-0.1, -0.05) is 18.6 Å². The third-order valence-electron chi connectivity index (χ3n) is 8.49. The maximum atomic E-state index is 14.8. The van der Waals surface area contributed by atoms with E-state index < -0.39 is 23.3 Å². The molecule has 1 aliphatic carbocycles. The summed E-state index contributed by atoms with van der Waals surface area (Å²) < 4.78 is 61.1. The first-order valence-electron chi connectivity index (χ1n) is 13.9. The van der Waals surface area contributed by atoms with Gasteiger partial charge in [-0.25, -0.2) is 4.39 Å². The highest BCUT2D eigenvalue weighted by Gasteiger charge is 2.58. The van der Waals surface area contributed by atoms with Crippen molar-refractivity contribution in [3.63, 3.8) is 0 Å². The Morgan fingerprint density at radius 1 is 1.07 bits per heavy atom. The molecule has 0 unspecified atom stereocenters. The number of benzene rings is 1. The fourth-order valence-corrected chi connectivity index (χ4v) is 5.75. The molecule has 2 amide bonds. The van der Waals surface area contributed by atoms with Gasteiger partial charge in [0.05, 0.1) is 18.1 Å². The zero-order valence-corrected chi connectivity index (χ0v) is 22.2. The number of pyridine rings is 1. The lowest BCUT2D eigenvalue weighted by molar-refractivity contribution is -0.256. The van der Waals surface area contributed by atoms with Gasteiger partial charge in [0.2, 0.25) is 5.91 Å². The van der Waals surface area contributed by atoms with Crippen LogP contribution in [0.2, 0.25) is 0 Å². The molecule has 1 aromatic carbocycles. The first-order valence-corrected chi connectivity index (χ1v) is 13.9. The lowest BCUT2D eigenvalue weighted by Gasteiger charge is -2.47. The van der Waals surface area contributed by atoms with Crippen molar-refractivity contribution in [1.82, 2.24) is 20.5 Å². The minimum absolute atomic E-state index is 0.0662. The predicted molar refractivity (Wildman–Crippen MR) is 140 cm³/mol. The van der Waals surface area contributed by atoms with Crippen molar-refractivity contribution < 1.29 is 31.9 Å². The van der Waals surface area contributed by atoms with Gasteiger partial charge in [0.25, 0.3) is 5.91 Å². The standard InChI is InChI=1S/C29H34F4N4O3/c30-22-15-20(21-4-6-24(35-16-21)27(39)36-26(38)23-3-1-12-34-23)5-7-25(22)40-17-19-8-13-37(14-9-19)18-28(10-2-11-28)29(31,32)33/h4-7,15-16,19,23,34H,1-3,8-14,17-18H2,(H,36,38,39)/t23-/m0/s1. The number of halogens is 4. The van der Waals surface area contributed by atoms with Crippen LogP contribution in [0.25, 0.3) is 11.1 Å². The SMILES string of the molecule is O=C(NC(=O)[C@@H]1CCCN1)c1ccc(-c2ccc(OCC3CCN(CC4(C(F)(F)F)CCC4)CC3)c(F)c2)cn1. The van der Waals surface area contributed by atoms with Gasteiger partial charge < -0.3 is 15.0 Å². The van der Waals surface area contributed by atoms with Crippen molar-refractivity contribution in [3.05, 3.63) is 48.0 Å². The van der Waals surface area contributed by atoms with Crippen LogP contribution in [-0.2, 0) is 4.79 Å². The van der Waals surface area contributed by atoms with Gasteiger partial charge in [0, 0.05) is 18.3 Å². The highest BCUT2D eigenvalue weighted by molar-refractivity contribution is 6.05. The normalized spacial score (nSPS) is 21.6. The number of likely N-dealkylation sites (tertiary alicyclic amines) is 1. The zero-order valence-electron chi connectivity index (χ0n) is 22.2. The number of nitrogens with zero attached hydrogens (tertiary/aromatic N) is 2. The fourth-order valence-electron chi connectivity index (χ4n) is 5.75. The summed E-state index contributed by atoms with van der Waals surface area (Å²) in [5.74, 6) is -1.24. The minimum atomic E-state index is -4.16. The summed E-state index contributed by atoms with van der Waals surface area (Å²) in [4.78, 5) is 30.5. The van der Waals surface area contributed by atoms with E-state index in [4.69, 9.17) is 4.74 Å². The molecule has 0 radical (unpaired) electrons. The van der Waals surface area contributed by atoms with E-state index in [1.54, 1.807) is 12.1 Å². The van der Waals surface area contributed by atoms with E-state index in [1.807, 2.05) is 4.90 Å². The Balaban J connectivity index is 1.10. The lowest BCUT2D eigenvalue weighted by atomic mass is 9.67. The largest absolute Gasteiger partial charge is 0.490 e. The van der Waals surface area contributed by atoms with Crippen LogP contribution in [0.4, 0.5) is 17.6 Å². The number of piperidine rings is 1. The van der Waals surface area contributed by atoms with E-state index in [0.717, 1.165) is 13.0 Å². The van der Waals surface area contributed by atoms with E-state index in [0.29, 0.717) is 56.5 Å². The van der Waals surface area contributed by atoms with Crippen LogP contribution >= 0.6 is 0 Å². The monoisotopic (exact) mass is 562 g/mol. The molecule has 2 aromatic rings. The summed E-state index contributed by atoms with van der Waals surface area (Å²) in [5.41, 5.74) is -0.308. The summed E-state index contributed by atoms with van der Waals surface area (Å²) in [7, 11) is 0. The Morgan fingerprint density at radius 2 is 1.82 bits per heavy atom. The van der Waals surface area contributed by atoms with Gasteiger partial charge in [-0.2, -0.15) is 13.2 Å². The number of ether oxygens (including phenoxy) is 1. The first kappa shape index (κ1) is 28.5. The second-order valence-corrected chi connectivity index (χ2v) is 11.2. The average molecular weight is 563 g/mol. The molecule has 5 rings (SSSR count). The first-order chi connectivity index (χ1) is 19.1. The van der Waals surface area contributed by atoms with Crippen LogP contribution in [0.3, 0.4) is 0 Å². The highest BCUT2D eigenvalue weighted by atomic mass is 19.4. The van der Waals surface area contributed by atoms with Gasteiger partial charge in [-0.3, -0.25) is 19.9 Å². The van der Waals surface area contributed by atoms with Gasteiger partial charge in [0.15, 0.2) is 11.6 Å². The van der Waals surface area contributed by atoms with E-state index in [1.165, 1.54) is 24.4 Å². The molecule has 1 saturated carbocycles. The van der Waals surface area contributed by atoms with E-state index in [2.05, 4.69) is 15.6 Å². The van der Waals surface area contributed by atoms with E-state index >= 15 is 0 Å². The molecule has 3 aliphatic rings. The van der Waals surface area contributed by atoms with Crippen molar-refractivity contribution in [3.8, 4) is 16.9 Å². The lowest BCUT2D eigenvalue weighted by Crippen LogP contribution is -2.53. The molecule has 1 atom stereocenters. The molecule has 1 aromatic heterocycles. The third kappa shape index (κ3) is 6.30. The van der Waals surface area contributed by atoms with Gasteiger partial charge in [-0.05, 0) is 87.8 Å². The molecule has 2 aliphatic heterocycles. The Morgan fingerprint density at radius 3 is 2.40 bits per heavy atom. The molecule has 11 heteroatoms. The number of alkyl halides is 3. The molecule has 7 nitrogen and oxygen atoms in total. The van der Waals surface area contributed by atoms with Crippen molar-refractivity contribution in [2.75, 3.05) is 32.8 Å². The van der Waals surface area contributed by atoms with Gasteiger partial charge in [0.1, 0.15) is 5.69 Å². The smallest absolute Gasteiger partial charge is 0.395 e. The number of hydrogen-bond acceptors (Lipinski definition) is 6. The molecule has 0 spiro atoms. The van der Waals surface area contributed by atoms with E-state index in [-0.39, 0.29) is 48.7 Å². The van der Waals surface area contributed by atoms with Crippen molar-refractivity contribution in [1.29, 1.82) is 0 Å². The van der Waals surface area contributed by atoms with Crippen molar-refractivity contribution >= 4 is 11.8 Å². The Bertz CT molecular complexity index is 1200. The second kappa shape index (κ2) is 11.8. The summed E-state index contributed by atoms with van der Waals surface area (Å²) in [6.07, 6.45) is 1.33. The summed E-state index contributed by atoms with van der Waals surface area (Å²) in [6, 6.07) is 7.31. The molecular weight excluding hydrogens is 528 g/mol. The number of carbonyl (C=O) groups is 2. The summed E-state index contributed by atoms with van der Waals surface area (Å²) in [5, 5.41) is 5.38. The molecule has 216 valence electrons. The molecule has 3 heterocycles. The molecule has 2 saturated heterocycles. The maximum Gasteiger partial charge on any atom is 0.395 e. The van der Waals surface area contributed by atoms with Crippen LogP contribution in [0.5, 0.6) is 5.75 Å². The Hall–Kier alpha value is -3.05. The van der Waals surface area contributed by atoms with Crippen LogP contribution < -0.4 is 15.4 Å². The molecule has 2 N–H and O–H groups in total. The molecular formula is C29H34F4N4O3. The quantitative estimate of drug-likeness (QED) is 0.358. The topological polar surface area (TPSA) is 83.6 Å². The molecule has 40 heavy (non-hydrogen) atoms. The van der Waals surface area contributed by atoms with Crippen LogP contribution in [-0.4, -0.2) is 66.7 Å². The fraction of sp³-hybridized carbons (Fsp3) is 0.552. The number of hydrogen-bond donors (Lipinski definition) is 2. The van der Waals surface area contributed by atoms with Crippen molar-refractivity contribution in [2.24, 2.45) is 11.3 Å². The predicted octanol–water partition coefficient (Wildman–Crippen LogP) is 4.72. The minimum Gasteiger partial charge on any atom is -0.490 e.